The summed E-state index contributed by atoms with van der Waals surface area (Å²) in [5.41, 5.74) is 10.3. The normalized spacial score (nSPS) is 9.46. The molecule has 10 heteroatoms. The molecule has 0 amide bonds. The third-order valence-electron chi connectivity index (χ3n) is 3.43. The van der Waals surface area contributed by atoms with Crippen LogP contribution in [-0.2, 0) is 21.3 Å². The first-order chi connectivity index (χ1) is 13.4. The summed E-state index contributed by atoms with van der Waals surface area (Å²) < 4.78 is 9.19. The SMILES string of the molecule is COC(=O)c1c(Cl)cccc1CBr.COC(=O)c1c(Cl)cccc1CN=[N+]=[N-]. The van der Waals surface area contributed by atoms with Crippen LogP contribution in [0.5, 0.6) is 0 Å². The number of benzene rings is 2. The summed E-state index contributed by atoms with van der Waals surface area (Å²) in [6.45, 7) is 0.0709. The molecule has 2 aromatic rings. The molecule has 7 nitrogen and oxygen atoms in total. The van der Waals surface area contributed by atoms with Gasteiger partial charge in [-0.1, -0.05) is 68.5 Å². The molecule has 0 atom stereocenters. The summed E-state index contributed by atoms with van der Waals surface area (Å²) in [5.74, 6) is -0.941. The Morgan fingerprint density at radius 3 is 1.89 bits per heavy atom. The van der Waals surface area contributed by atoms with Gasteiger partial charge in [0.2, 0.25) is 0 Å². The highest BCUT2D eigenvalue weighted by atomic mass is 79.9. The van der Waals surface area contributed by atoms with Gasteiger partial charge in [-0.05, 0) is 28.8 Å². The number of rotatable bonds is 5. The molecule has 0 saturated carbocycles. The molecular formula is C18H16BrCl2N3O4. The van der Waals surface area contributed by atoms with E-state index in [1.807, 2.05) is 6.07 Å². The van der Waals surface area contributed by atoms with Crippen molar-refractivity contribution in [3.8, 4) is 0 Å². The van der Waals surface area contributed by atoms with Gasteiger partial charge in [0.15, 0.2) is 0 Å². The molecule has 0 heterocycles. The lowest BCUT2D eigenvalue weighted by Crippen LogP contribution is -2.06. The number of nitrogens with zero attached hydrogens (tertiary/aromatic N) is 3. The fraction of sp³-hybridized carbons (Fsp3) is 0.222. The van der Waals surface area contributed by atoms with Gasteiger partial charge in [-0.2, -0.15) is 0 Å². The van der Waals surface area contributed by atoms with E-state index in [2.05, 4.69) is 35.4 Å². The fourth-order valence-electron chi connectivity index (χ4n) is 2.15. The number of carbonyl (C=O) groups excluding carboxylic acids is 2. The van der Waals surface area contributed by atoms with Gasteiger partial charge in [0, 0.05) is 10.2 Å². The van der Waals surface area contributed by atoms with Crippen LogP contribution < -0.4 is 0 Å². The van der Waals surface area contributed by atoms with Crippen molar-refractivity contribution in [1.82, 2.24) is 0 Å². The monoisotopic (exact) mass is 487 g/mol. The van der Waals surface area contributed by atoms with Crippen molar-refractivity contribution >= 4 is 51.1 Å². The lowest BCUT2D eigenvalue weighted by Gasteiger charge is -2.06. The van der Waals surface area contributed by atoms with E-state index < -0.39 is 11.9 Å². The smallest absolute Gasteiger partial charge is 0.339 e. The summed E-state index contributed by atoms with van der Waals surface area (Å²) in [7, 11) is 2.60. The van der Waals surface area contributed by atoms with Crippen molar-refractivity contribution in [3.63, 3.8) is 0 Å². The van der Waals surface area contributed by atoms with Gasteiger partial charge in [-0.3, -0.25) is 0 Å². The van der Waals surface area contributed by atoms with Gasteiger partial charge in [0.1, 0.15) is 0 Å². The minimum Gasteiger partial charge on any atom is -0.465 e. The molecule has 2 rings (SSSR count). The zero-order valence-corrected chi connectivity index (χ0v) is 18.1. The second-order valence-electron chi connectivity index (χ2n) is 5.05. The minimum atomic E-state index is -0.538. The number of alkyl halides is 1. The Morgan fingerprint density at radius 2 is 1.46 bits per heavy atom. The van der Waals surface area contributed by atoms with E-state index in [9.17, 15) is 9.59 Å². The average molecular weight is 489 g/mol. The maximum Gasteiger partial charge on any atom is 0.339 e. The van der Waals surface area contributed by atoms with Crippen molar-refractivity contribution in [2.24, 2.45) is 5.11 Å². The van der Waals surface area contributed by atoms with Crippen LogP contribution in [0, 0.1) is 0 Å². The lowest BCUT2D eigenvalue weighted by atomic mass is 10.1. The summed E-state index contributed by atoms with van der Waals surface area (Å²) in [6.07, 6.45) is 0. The molecule has 0 aliphatic heterocycles. The van der Waals surface area contributed by atoms with E-state index in [-0.39, 0.29) is 17.1 Å². The van der Waals surface area contributed by atoms with Crippen LogP contribution in [0.2, 0.25) is 10.0 Å². The largest absolute Gasteiger partial charge is 0.465 e. The Kier molecular flexibility index (Phi) is 10.4. The molecule has 0 saturated heterocycles. The van der Waals surface area contributed by atoms with Gasteiger partial charge in [-0.15, -0.1) is 0 Å². The Bertz CT molecular complexity index is 902. The molecule has 0 bridgehead atoms. The Labute approximate surface area is 180 Å². The Hall–Kier alpha value is -2.25. The highest BCUT2D eigenvalue weighted by molar-refractivity contribution is 9.08. The number of hydrogen-bond donors (Lipinski definition) is 0. The van der Waals surface area contributed by atoms with E-state index in [4.69, 9.17) is 28.7 Å². The second kappa shape index (κ2) is 12.3. The number of methoxy groups -OCH3 is 2. The predicted octanol–water partition coefficient (Wildman–Crippen LogP) is 5.96. The van der Waals surface area contributed by atoms with E-state index in [1.54, 1.807) is 30.3 Å². The summed E-state index contributed by atoms with van der Waals surface area (Å²) >= 11 is 15.0. The first kappa shape index (κ1) is 23.8. The molecular weight excluding hydrogens is 473 g/mol. The zero-order valence-electron chi connectivity index (χ0n) is 15.0. The van der Waals surface area contributed by atoms with Gasteiger partial charge in [0.05, 0.1) is 41.9 Å². The number of ether oxygens (including phenoxy) is 2. The highest BCUT2D eigenvalue weighted by Crippen LogP contribution is 2.23. The van der Waals surface area contributed by atoms with Crippen LogP contribution >= 0.6 is 39.1 Å². The van der Waals surface area contributed by atoms with E-state index in [1.165, 1.54) is 14.2 Å². The minimum absolute atomic E-state index is 0.0709. The van der Waals surface area contributed by atoms with Gasteiger partial charge >= 0.3 is 11.9 Å². The maximum atomic E-state index is 11.4. The molecule has 0 aliphatic carbocycles. The quantitative estimate of drug-likeness (QED) is 0.170. The number of azide groups is 1. The Morgan fingerprint density at radius 1 is 1.00 bits per heavy atom. The summed E-state index contributed by atoms with van der Waals surface area (Å²) in [6, 6.07) is 10.2. The van der Waals surface area contributed by atoms with Crippen molar-refractivity contribution < 1.29 is 19.1 Å². The molecule has 0 unspecified atom stereocenters. The van der Waals surface area contributed by atoms with Crippen molar-refractivity contribution in [3.05, 3.63) is 79.1 Å². The summed E-state index contributed by atoms with van der Waals surface area (Å²) in [4.78, 5) is 25.3. The standard InChI is InChI=1S/C9H8BrClO2.C9H8ClN3O2/c1-13-9(12)8-6(5-10)3-2-4-7(8)11;1-15-9(14)8-6(5-12-13-11)3-2-4-7(8)10/h2-4H,5H2,1H3;2-4H,5H2,1H3. The third-order valence-corrected chi connectivity index (χ3v) is 4.66. The van der Waals surface area contributed by atoms with E-state index >= 15 is 0 Å². The number of hydrogen-bond acceptors (Lipinski definition) is 5. The van der Waals surface area contributed by atoms with Crippen LogP contribution in [0.25, 0.3) is 10.4 Å². The van der Waals surface area contributed by atoms with Crippen molar-refractivity contribution in [1.29, 1.82) is 0 Å². The molecule has 0 N–H and O–H groups in total. The Balaban J connectivity index is 0.000000283. The van der Waals surface area contributed by atoms with Crippen molar-refractivity contribution in [2.75, 3.05) is 14.2 Å². The summed E-state index contributed by atoms with van der Waals surface area (Å²) in [5, 5.41) is 4.66. The first-order valence-corrected chi connectivity index (χ1v) is 9.57. The molecule has 0 spiro atoms. The molecule has 28 heavy (non-hydrogen) atoms. The van der Waals surface area contributed by atoms with Gasteiger partial charge < -0.3 is 9.47 Å². The highest BCUT2D eigenvalue weighted by Gasteiger charge is 2.15. The number of carbonyl (C=O) groups is 2. The lowest BCUT2D eigenvalue weighted by molar-refractivity contribution is 0.0591. The van der Waals surface area contributed by atoms with E-state index in [0.717, 1.165) is 5.56 Å². The molecule has 0 fully saturated rings. The molecule has 148 valence electrons. The van der Waals surface area contributed by atoms with Crippen molar-refractivity contribution in [2.45, 2.75) is 11.9 Å². The van der Waals surface area contributed by atoms with Crippen LogP contribution in [0.1, 0.15) is 31.8 Å². The molecule has 2 aromatic carbocycles. The third kappa shape index (κ3) is 6.42. The average Bonchev–Trinajstić information content (AvgIpc) is 2.71. The van der Waals surface area contributed by atoms with E-state index in [0.29, 0.717) is 21.5 Å². The van der Waals surface area contributed by atoms with Crippen LogP contribution in [0.15, 0.2) is 41.5 Å². The predicted molar refractivity (Wildman–Crippen MR) is 111 cm³/mol. The van der Waals surface area contributed by atoms with Gasteiger partial charge in [-0.25, -0.2) is 9.59 Å². The maximum absolute atomic E-state index is 11.4. The topological polar surface area (TPSA) is 101 Å². The first-order valence-electron chi connectivity index (χ1n) is 7.69. The van der Waals surface area contributed by atoms with Gasteiger partial charge in [0.25, 0.3) is 0 Å². The molecule has 0 radical (unpaired) electrons. The van der Waals surface area contributed by atoms with Crippen LogP contribution in [0.3, 0.4) is 0 Å². The zero-order chi connectivity index (χ0) is 21.1. The van der Waals surface area contributed by atoms with Crippen LogP contribution in [0.4, 0.5) is 0 Å². The second-order valence-corrected chi connectivity index (χ2v) is 6.43. The molecule has 0 aliphatic rings. The fourth-order valence-corrected chi connectivity index (χ4v) is 3.16. The van der Waals surface area contributed by atoms with Crippen LogP contribution in [-0.4, -0.2) is 26.2 Å². The number of esters is 2. The molecule has 0 aromatic heterocycles. The number of halogens is 3.